The van der Waals surface area contributed by atoms with Crippen LogP contribution >= 0.6 is 11.6 Å². The highest BCUT2D eigenvalue weighted by Crippen LogP contribution is 2.15. The van der Waals surface area contributed by atoms with Gasteiger partial charge in [0.2, 0.25) is 0 Å². The Kier molecular flexibility index (Phi) is 5.81. The minimum Gasteiger partial charge on any atom is -0.352 e. The number of aryl methyl sites for hydroxylation is 2. The number of halogens is 1. The summed E-state index contributed by atoms with van der Waals surface area (Å²) in [7, 11) is 5.77. The van der Waals surface area contributed by atoms with Crippen molar-refractivity contribution in [3.8, 4) is 5.82 Å². The van der Waals surface area contributed by atoms with Crippen molar-refractivity contribution < 1.29 is 0 Å². The topological polar surface area (TPSA) is 63.3 Å². The molecule has 0 fully saturated rings. The van der Waals surface area contributed by atoms with Crippen LogP contribution in [0.2, 0.25) is 5.02 Å². The Balaban J connectivity index is 1.72. The van der Waals surface area contributed by atoms with Crippen LogP contribution in [-0.2, 0) is 20.1 Å². The molecule has 27 heavy (non-hydrogen) atoms. The average Bonchev–Trinajstić information content (AvgIpc) is 3.20. The van der Waals surface area contributed by atoms with Crippen molar-refractivity contribution in [1.82, 2.24) is 29.3 Å². The number of imidazole rings is 1. The van der Waals surface area contributed by atoms with E-state index in [1.54, 1.807) is 19.4 Å². The molecule has 142 valence electrons. The van der Waals surface area contributed by atoms with Gasteiger partial charge >= 0.3 is 0 Å². The highest BCUT2D eigenvalue weighted by molar-refractivity contribution is 6.30. The zero-order valence-electron chi connectivity index (χ0n) is 16.0. The van der Waals surface area contributed by atoms with Crippen LogP contribution < -0.4 is 5.32 Å². The summed E-state index contributed by atoms with van der Waals surface area (Å²) in [5.74, 6) is 2.56. The van der Waals surface area contributed by atoms with E-state index in [0.29, 0.717) is 13.1 Å². The van der Waals surface area contributed by atoms with E-state index in [4.69, 9.17) is 11.6 Å². The summed E-state index contributed by atoms with van der Waals surface area (Å²) in [4.78, 5) is 15.3. The smallest absolute Gasteiger partial charge is 0.194 e. The quantitative estimate of drug-likeness (QED) is 0.542. The van der Waals surface area contributed by atoms with Gasteiger partial charge in [0.15, 0.2) is 5.96 Å². The molecule has 3 heterocycles. The van der Waals surface area contributed by atoms with Crippen molar-refractivity contribution in [3.63, 3.8) is 0 Å². The molecule has 0 unspecified atom stereocenters. The molecule has 3 rings (SSSR count). The van der Waals surface area contributed by atoms with Gasteiger partial charge in [-0.3, -0.25) is 9.56 Å². The van der Waals surface area contributed by atoms with Gasteiger partial charge in [-0.1, -0.05) is 17.7 Å². The van der Waals surface area contributed by atoms with Gasteiger partial charge in [-0.15, -0.1) is 0 Å². The molecule has 0 amide bonds. The monoisotopic (exact) mass is 385 g/mol. The molecule has 0 saturated carbocycles. The predicted molar refractivity (Wildman–Crippen MR) is 108 cm³/mol. The fourth-order valence-corrected chi connectivity index (χ4v) is 3.26. The predicted octanol–water partition coefficient (Wildman–Crippen LogP) is 2.78. The van der Waals surface area contributed by atoms with Crippen LogP contribution in [0, 0.1) is 6.92 Å². The number of hydrogen-bond acceptors (Lipinski definition) is 3. The summed E-state index contributed by atoms with van der Waals surface area (Å²) < 4.78 is 4.00. The SMILES string of the molecule is CN=C(NCc1cccnc1-n1ccnc1C)N(C)Cc1cc(Cl)cn1C. The molecule has 1 N–H and O–H groups in total. The summed E-state index contributed by atoms with van der Waals surface area (Å²) in [5.41, 5.74) is 2.18. The number of aromatic nitrogens is 4. The van der Waals surface area contributed by atoms with E-state index in [1.165, 1.54) is 0 Å². The van der Waals surface area contributed by atoms with Gasteiger partial charge in [0, 0.05) is 63.7 Å². The second-order valence-corrected chi connectivity index (χ2v) is 6.78. The Morgan fingerprint density at radius 2 is 2.15 bits per heavy atom. The highest BCUT2D eigenvalue weighted by Gasteiger charge is 2.12. The highest BCUT2D eigenvalue weighted by atomic mass is 35.5. The Morgan fingerprint density at radius 3 is 2.78 bits per heavy atom. The number of hydrogen-bond donors (Lipinski definition) is 1. The Hall–Kier alpha value is -2.80. The molecule has 0 aromatic carbocycles. The third-order valence-corrected chi connectivity index (χ3v) is 4.61. The first-order valence-electron chi connectivity index (χ1n) is 8.66. The summed E-state index contributed by atoms with van der Waals surface area (Å²) in [6.45, 7) is 3.26. The largest absolute Gasteiger partial charge is 0.352 e. The second kappa shape index (κ2) is 8.26. The lowest BCUT2D eigenvalue weighted by Gasteiger charge is -2.23. The molecule has 0 radical (unpaired) electrons. The van der Waals surface area contributed by atoms with Crippen LogP contribution in [0.4, 0.5) is 0 Å². The normalized spacial score (nSPS) is 11.7. The first kappa shape index (κ1) is 19.0. The Morgan fingerprint density at radius 1 is 1.33 bits per heavy atom. The van der Waals surface area contributed by atoms with E-state index in [1.807, 2.05) is 54.7 Å². The molecule has 0 atom stereocenters. The van der Waals surface area contributed by atoms with Crippen LogP contribution in [0.5, 0.6) is 0 Å². The molecule has 3 aromatic heterocycles. The number of pyridine rings is 1. The van der Waals surface area contributed by atoms with E-state index in [9.17, 15) is 0 Å². The lowest BCUT2D eigenvalue weighted by Crippen LogP contribution is -2.38. The van der Waals surface area contributed by atoms with Gasteiger partial charge < -0.3 is 14.8 Å². The molecule has 0 aliphatic rings. The van der Waals surface area contributed by atoms with Crippen molar-refractivity contribution in [3.05, 3.63) is 65.1 Å². The van der Waals surface area contributed by atoms with Crippen molar-refractivity contribution >= 4 is 17.6 Å². The van der Waals surface area contributed by atoms with Crippen LogP contribution in [0.15, 0.2) is 48.0 Å². The molecule has 0 spiro atoms. The molecule has 0 aliphatic carbocycles. The van der Waals surface area contributed by atoms with Gasteiger partial charge in [0.1, 0.15) is 11.6 Å². The average molecular weight is 386 g/mol. The summed E-state index contributed by atoms with van der Waals surface area (Å²) in [5, 5.41) is 4.15. The molecule has 0 bridgehead atoms. The van der Waals surface area contributed by atoms with Crippen LogP contribution in [0.1, 0.15) is 17.1 Å². The standard InChI is InChI=1S/C19H24ClN7/c1-14-22-8-9-27(14)18-15(6-5-7-23-18)11-24-19(21-2)26(4)13-17-10-16(20)12-25(17)3/h5-10,12H,11,13H2,1-4H3,(H,21,24). The van der Waals surface area contributed by atoms with Crippen LogP contribution in [0.25, 0.3) is 5.82 Å². The van der Waals surface area contributed by atoms with Crippen LogP contribution in [0.3, 0.4) is 0 Å². The number of nitrogens with one attached hydrogen (secondary N) is 1. The first-order chi connectivity index (χ1) is 13.0. The Bertz CT molecular complexity index is 941. The lowest BCUT2D eigenvalue weighted by atomic mass is 10.2. The van der Waals surface area contributed by atoms with Gasteiger partial charge in [-0.2, -0.15) is 0 Å². The number of guanidine groups is 1. The number of nitrogens with zero attached hydrogens (tertiary/aromatic N) is 6. The molecule has 7 nitrogen and oxygen atoms in total. The number of rotatable bonds is 5. The zero-order valence-corrected chi connectivity index (χ0v) is 16.8. The Labute approximate surface area is 164 Å². The van der Waals surface area contributed by atoms with Crippen molar-refractivity contribution in [1.29, 1.82) is 0 Å². The van der Waals surface area contributed by atoms with Crippen molar-refractivity contribution in [2.24, 2.45) is 12.0 Å². The summed E-state index contributed by atoms with van der Waals surface area (Å²) >= 11 is 6.08. The van der Waals surface area contributed by atoms with E-state index < -0.39 is 0 Å². The van der Waals surface area contributed by atoms with Gasteiger partial charge in [0.05, 0.1) is 11.6 Å². The lowest BCUT2D eigenvalue weighted by molar-refractivity contribution is 0.461. The van der Waals surface area contributed by atoms with Crippen molar-refractivity contribution in [2.75, 3.05) is 14.1 Å². The van der Waals surface area contributed by atoms with Crippen LogP contribution in [-0.4, -0.2) is 44.1 Å². The fraction of sp³-hybridized carbons (Fsp3) is 0.316. The molecular weight excluding hydrogens is 362 g/mol. The van der Waals surface area contributed by atoms with E-state index in [0.717, 1.165) is 33.9 Å². The zero-order chi connectivity index (χ0) is 19.4. The third-order valence-electron chi connectivity index (χ3n) is 4.41. The maximum absolute atomic E-state index is 6.08. The minimum absolute atomic E-state index is 0.603. The summed E-state index contributed by atoms with van der Waals surface area (Å²) in [6.07, 6.45) is 7.38. The van der Waals surface area contributed by atoms with E-state index in [2.05, 4.69) is 31.2 Å². The van der Waals surface area contributed by atoms with Crippen molar-refractivity contribution in [2.45, 2.75) is 20.0 Å². The number of aliphatic imine (C=N–C) groups is 1. The molecule has 0 aliphatic heterocycles. The third kappa shape index (κ3) is 4.31. The maximum atomic E-state index is 6.08. The second-order valence-electron chi connectivity index (χ2n) is 6.35. The van der Waals surface area contributed by atoms with Gasteiger partial charge in [-0.05, 0) is 19.1 Å². The minimum atomic E-state index is 0.603. The fourth-order valence-electron chi connectivity index (χ4n) is 2.99. The molecule has 8 heteroatoms. The first-order valence-corrected chi connectivity index (χ1v) is 9.04. The molecule has 3 aromatic rings. The van der Waals surface area contributed by atoms with E-state index in [-0.39, 0.29) is 0 Å². The van der Waals surface area contributed by atoms with Gasteiger partial charge in [0.25, 0.3) is 0 Å². The molecular formula is C19H24ClN7. The van der Waals surface area contributed by atoms with Gasteiger partial charge in [-0.25, -0.2) is 9.97 Å². The molecule has 0 saturated heterocycles. The van der Waals surface area contributed by atoms with E-state index >= 15 is 0 Å². The summed E-state index contributed by atoms with van der Waals surface area (Å²) in [6, 6.07) is 5.95. The maximum Gasteiger partial charge on any atom is 0.194 e.